The maximum atomic E-state index is 5.98. The summed E-state index contributed by atoms with van der Waals surface area (Å²) in [5, 5.41) is 6.65. The number of halogens is 1. The van der Waals surface area contributed by atoms with E-state index in [9.17, 15) is 0 Å². The molecule has 1 heterocycles. The topological polar surface area (TPSA) is 96.8 Å². The third-order valence-corrected chi connectivity index (χ3v) is 2.16. The van der Waals surface area contributed by atoms with Gasteiger partial charge in [0.25, 0.3) is 5.96 Å². The molecule has 0 fully saturated rings. The van der Waals surface area contributed by atoms with Crippen molar-refractivity contribution in [2.45, 2.75) is 0 Å². The molecule has 0 radical (unpaired) electrons. The summed E-state index contributed by atoms with van der Waals surface area (Å²) in [5.41, 5.74) is 11.1. The Hall–Kier alpha value is -1.95. The van der Waals surface area contributed by atoms with Gasteiger partial charge in [-0.3, -0.25) is 0 Å². The van der Waals surface area contributed by atoms with Gasteiger partial charge in [-0.1, -0.05) is 11.6 Å². The van der Waals surface area contributed by atoms with Crippen LogP contribution in [0.2, 0.25) is 5.02 Å². The minimum absolute atomic E-state index is 0.0527. The van der Waals surface area contributed by atoms with E-state index in [0.717, 1.165) is 5.56 Å². The average Bonchev–Trinajstić information content (AvgIpc) is 2.65. The van der Waals surface area contributed by atoms with E-state index in [1.165, 1.54) is 0 Å². The van der Waals surface area contributed by atoms with Gasteiger partial charge in [0.1, 0.15) is 0 Å². The molecule has 84 valence electrons. The van der Waals surface area contributed by atoms with Crippen LogP contribution in [0.5, 0.6) is 11.5 Å². The molecule has 0 saturated heterocycles. The quantitative estimate of drug-likeness (QED) is 0.343. The van der Waals surface area contributed by atoms with Gasteiger partial charge in [-0.15, -0.1) is 5.10 Å². The Balaban J connectivity index is 2.27. The van der Waals surface area contributed by atoms with Crippen LogP contribution < -0.4 is 26.0 Å². The minimum Gasteiger partial charge on any atom is -0.454 e. The second-order valence-electron chi connectivity index (χ2n) is 3.05. The number of hydrazone groups is 1. The molecule has 6 nitrogen and oxygen atoms in total. The van der Waals surface area contributed by atoms with E-state index in [2.05, 4.69) is 10.2 Å². The molecular weight excluding hydrogens is 232 g/mol. The third kappa shape index (κ3) is 2.17. The maximum Gasteiger partial charge on any atom is 0.256 e. The number of nitrogens with two attached hydrogens (primary N) is 2. The van der Waals surface area contributed by atoms with E-state index in [1.807, 2.05) is 0 Å². The van der Waals surface area contributed by atoms with Crippen molar-refractivity contribution < 1.29 is 14.6 Å². The van der Waals surface area contributed by atoms with Crippen molar-refractivity contribution in [1.82, 2.24) is 0 Å². The second kappa shape index (κ2) is 4.28. The van der Waals surface area contributed by atoms with Crippen LogP contribution in [-0.4, -0.2) is 19.0 Å². The molecule has 5 N–H and O–H groups in total. The predicted octanol–water partition coefficient (Wildman–Crippen LogP) is -1.24. The molecule has 1 aliphatic heterocycles. The highest BCUT2D eigenvalue weighted by molar-refractivity contribution is 6.32. The van der Waals surface area contributed by atoms with Crippen molar-refractivity contribution in [2.24, 2.45) is 16.6 Å². The first kappa shape index (κ1) is 10.6. The summed E-state index contributed by atoms with van der Waals surface area (Å²) in [5.74, 6) is 1.11. The molecule has 7 heteroatoms. The Morgan fingerprint density at radius 3 is 3.00 bits per heavy atom. The van der Waals surface area contributed by atoms with Crippen molar-refractivity contribution >= 4 is 23.8 Å². The molecule has 0 atom stereocenters. The van der Waals surface area contributed by atoms with Gasteiger partial charge in [0.05, 0.1) is 5.02 Å². The number of ether oxygens (including phenoxy) is 2. The average molecular weight is 242 g/mol. The number of benzene rings is 1. The third-order valence-electron chi connectivity index (χ3n) is 1.87. The second-order valence-corrected chi connectivity index (χ2v) is 3.45. The van der Waals surface area contributed by atoms with Crippen LogP contribution >= 0.6 is 11.6 Å². The van der Waals surface area contributed by atoms with Crippen molar-refractivity contribution in [2.75, 3.05) is 6.79 Å². The van der Waals surface area contributed by atoms with Crippen LogP contribution in [0.4, 0.5) is 0 Å². The fourth-order valence-electron chi connectivity index (χ4n) is 1.25. The lowest BCUT2D eigenvalue weighted by Gasteiger charge is -1.98. The van der Waals surface area contributed by atoms with Crippen LogP contribution in [0, 0.1) is 0 Å². The van der Waals surface area contributed by atoms with E-state index in [4.69, 9.17) is 32.5 Å². The molecule has 0 bridgehead atoms. The molecule has 0 unspecified atom stereocenters. The first-order valence-electron chi connectivity index (χ1n) is 4.43. The van der Waals surface area contributed by atoms with Crippen LogP contribution in [0.25, 0.3) is 0 Å². The van der Waals surface area contributed by atoms with Gasteiger partial charge in [0.2, 0.25) is 13.0 Å². The standard InChI is InChI=1S/C9H9ClN4O2/c10-6-1-5(3-13-14-9(11)12)2-7-8(6)16-4-15-7/h1-3H,4H2,(H4,11,12,14)/p+1/b13-3+. The minimum atomic E-state index is -0.0527. The van der Waals surface area contributed by atoms with Crippen molar-refractivity contribution in [3.8, 4) is 11.5 Å². The highest BCUT2D eigenvalue weighted by Crippen LogP contribution is 2.39. The summed E-state index contributed by atoms with van der Waals surface area (Å²) < 4.78 is 10.4. The lowest BCUT2D eigenvalue weighted by atomic mass is 10.2. The summed E-state index contributed by atoms with van der Waals surface area (Å²) in [6, 6.07) is 3.48. The zero-order valence-electron chi connectivity index (χ0n) is 8.24. The first-order chi connectivity index (χ1) is 7.66. The van der Waals surface area contributed by atoms with Gasteiger partial charge in [0.15, 0.2) is 11.5 Å². The van der Waals surface area contributed by atoms with Gasteiger partial charge in [0, 0.05) is 10.7 Å². The summed E-state index contributed by atoms with van der Waals surface area (Å²) in [6.07, 6.45) is 1.59. The Morgan fingerprint density at radius 1 is 1.44 bits per heavy atom. The molecule has 1 aromatic rings. The smallest absolute Gasteiger partial charge is 0.256 e. The summed E-state index contributed by atoms with van der Waals surface area (Å²) in [7, 11) is 0. The first-order valence-corrected chi connectivity index (χ1v) is 4.81. The highest BCUT2D eigenvalue weighted by atomic mass is 35.5. The lowest BCUT2D eigenvalue weighted by molar-refractivity contribution is -0.456. The summed E-state index contributed by atoms with van der Waals surface area (Å²) in [4.78, 5) is 0. The van der Waals surface area contributed by atoms with Gasteiger partial charge in [-0.2, -0.15) is 0 Å². The molecule has 2 rings (SSSR count). The largest absolute Gasteiger partial charge is 0.454 e. The van der Waals surface area contributed by atoms with Gasteiger partial charge < -0.3 is 20.9 Å². The van der Waals surface area contributed by atoms with E-state index < -0.39 is 0 Å². The highest BCUT2D eigenvalue weighted by Gasteiger charge is 2.18. The van der Waals surface area contributed by atoms with E-state index in [1.54, 1.807) is 18.3 Å². The Labute approximate surface area is 96.5 Å². The number of hydrogen-bond acceptors (Lipinski definition) is 3. The number of nitrogens with zero attached hydrogens (tertiary/aromatic N) is 1. The summed E-state index contributed by atoms with van der Waals surface area (Å²) >= 11 is 5.98. The van der Waals surface area contributed by atoms with Crippen molar-refractivity contribution in [3.05, 3.63) is 22.7 Å². The Bertz CT molecular complexity index is 469. The van der Waals surface area contributed by atoms with E-state index in [0.29, 0.717) is 16.5 Å². The fraction of sp³-hybridized carbons (Fsp3) is 0.111. The maximum absolute atomic E-state index is 5.98. The van der Waals surface area contributed by atoms with Gasteiger partial charge in [-0.05, 0) is 12.1 Å². The number of guanidine groups is 1. The molecule has 0 saturated carbocycles. The molecule has 0 aliphatic carbocycles. The molecule has 1 aromatic carbocycles. The Morgan fingerprint density at radius 2 is 2.25 bits per heavy atom. The SMILES string of the molecule is NC(N)=N/[NH+]=C/c1cc(Cl)c2c(c1)OCO2. The lowest BCUT2D eigenvalue weighted by Crippen LogP contribution is -2.63. The zero-order valence-corrected chi connectivity index (χ0v) is 8.99. The van der Waals surface area contributed by atoms with E-state index in [-0.39, 0.29) is 12.8 Å². The van der Waals surface area contributed by atoms with Crippen molar-refractivity contribution in [1.29, 1.82) is 0 Å². The van der Waals surface area contributed by atoms with Crippen LogP contribution in [-0.2, 0) is 0 Å². The molecule has 0 aromatic heterocycles. The van der Waals surface area contributed by atoms with Crippen LogP contribution in [0.15, 0.2) is 17.2 Å². The molecule has 1 aliphatic rings. The number of fused-ring (bicyclic) bond motifs is 1. The van der Waals surface area contributed by atoms with Gasteiger partial charge in [-0.25, -0.2) is 0 Å². The van der Waals surface area contributed by atoms with Crippen LogP contribution in [0.1, 0.15) is 5.56 Å². The zero-order chi connectivity index (χ0) is 11.5. The number of rotatable bonds is 2. The van der Waals surface area contributed by atoms with Crippen molar-refractivity contribution in [3.63, 3.8) is 0 Å². The van der Waals surface area contributed by atoms with Crippen LogP contribution in [0.3, 0.4) is 0 Å². The summed E-state index contributed by atoms with van der Waals surface area (Å²) in [6.45, 7) is 0.180. The number of hydrogen-bond donors (Lipinski definition) is 3. The monoisotopic (exact) mass is 241 g/mol. The molecule has 0 amide bonds. The number of nitrogens with one attached hydrogen (secondary N) is 1. The predicted molar refractivity (Wildman–Crippen MR) is 59.5 cm³/mol. The molecule has 16 heavy (non-hydrogen) atoms. The normalized spacial score (nSPS) is 13.1. The van der Waals surface area contributed by atoms with E-state index >= 15 is 0 Å². The molecular formula is C9H10ClN4O2+. The van der Waals surface area contributed by atoms with Gasteiger partial charge >= 0.3 is 0 Å². The Kier molecular flexibility index (Phi) is 2.82. The molecule has 0 spiro atoms. The fourth-order valence-corrected chi connectivity index (χ4v) is 1.53.